The zero-order valence-electron chi connectivity index (χ0n) is 9.22. The molecule has 1 nitrogen and oxygen atoms in total. The second-order valence-corrected chi connectivity index (χ2v) is 4.15. The Morgan fingerprint density at radius 1 is 1.54 bits per heavy atom. The lowest BCUT2D eigenvalue weighted by atomic mass is 9.77. The number of allylic oxidation sites excluding steroid dienone is 3. The lowest BCUT2D eigenvalue weighted by molar-refractivity contribution is 0.266. The van der Waals surface area contributed by atoms with Crippen LogP contribution >= 0.6 is 0 Å². The molecule has 0 aliphatic heterocycles. The first-order valence-electron chi connectivity index (χ1n) is 4.82. The number of nitrogens with one attached hydrogen (secondary N) is 1. The normalized spacial score (nSPS) is 15.2. The van der Waals surface area contributed by atoms with E-state index in [-0.39, 0.29) is 0 Å². The molecule has 0 rings (SSSR count). The van der Waals surface area contributed by atoms with Crippen molar-refractivity contribution in [2.75, 3.05) is 0 Å². The van der Waals surface area contributed by atoms with Gasteiger partial charge in [0.1, 0.15) is 0 Å². The molecule has 1 N–H and O–H groups in total. The van der Waals surface area contributed by atoms with Gasteiger partial charge in [-0.1, -0.05) is 52.8 Å². The van der Waals surface area contributed by atoms with E-state index in [0.717, 1.165) is 12.0 Å². The first kappa shape index (κ1) is 12.2. The molecule has 0 aromatic rings. The van der Waals surface area contributed by atoms with Gasteiger partial charge < -0.3 is 5.41 Å². The quantitative estimate of drug-likeness (QED) is 0.490. The van der Waals surface area contributed by atoms with Crippen molar-refractivity contribution in [3.63, 3.8) is 0 Å². The van der Waals surface area contributed by atoms with Crippen molar-refractivity contribution in [3.8, 4) is 0 Å². The van der Waals surface area contributed by atoms with E-state index in [4.69, 9.17) is 5.41 Å². The van der Waals surface area contributed by atoms with Crippen molar-refractivity contribution in [2.24, 2.45) is 11.3 Å². The highest BCUT2D eigenvalue weighted by Crippen LogP contribution is 2.31. The summed E-state index contributed by atoms with van der Waals surface area (Å²) in [5, 5.41) is 7.15. The van der Waals surface area contributed by atoms with Crippen LogP contribution in [0.1, 0.15) is 34.1 Å². The molecule has 13 heavy (non-hydrogen) atoms. The summed E-state index contributed by atoms with van der Waals surface area (Å²) < 4.78 is 0. The molecule has 0 heterocycles. The van der Waals surface area contributed by atoms with Crippen LogP contribution in [0, 0.1) is 16.7 Å². The lowest BCUT2D eigenvalue weighted by Crippen LogP contribution is -2.19. The van der Waals surface area contributed by atoms with Crippen LogP contribution in [0.5, 0.6) is 0 Å². The zero-order valence-corrected chi connectivity index (χ0v) is 9.22. The first-order valence-corrected chi connectivity index (χ1v) is 4.82. The third kappa shape index (κ3) is 3.58. The predicted molar refractivity (Wildman–Crippen MR) is 60.3 cm³/mol. The zero-order chi connectivity index (χ0) is 10.5. The van der Waals surface area contributed by atoms with E-state index < -0.39 is 0 Å². The molecule has 0 bridgehead atoms. The van der Waals surface area contributed by atoms with Crippen molar-refractivity contribution in [1.29, 1.82) is 5.41 Å². The van der Waals surface area contributed by atoms with Crippen LogP contribution in [0.3, 0.4) is 0 Å². The molecular weight excluding hydrogens is 158 g/mol. The fraction of sp³-hybridized carbons (Fsp3) is 0.583. The minimum atomic E-state index is 0.303. The maximum atomic E-state index is 7.15. The first-order chi connectivity index (χ1) is 5.97. The Hall–Kier alpha value is -0.850. The highest BCUT2D eigenvalue weighted by molar-refractivity contribution is 5.79. The Labute approximate surface area is 82.1 Å². The van der Waals surface area contributed by atoms with Gasteiger partial charge in [0, 0.05) is 6.21 Å². The minimum Gasteiger partial charge on any atom is -0.308 e. The molecule has 0 amide bonds. The Morgan fingerprint density at radius 3 is 2.38 bits per heavy atom. The van der Waals surface area contributed by atoms with Crippen LogP contribution in [-0.4, -0.2) is 6.21 Å². The Bertz CT molecular complexity index is 201. The second-order valence-electron chi connectivity index (χ2n) is 4.15. The van der Waals surface area contributed by atoms with E-state index in [0.29, 0.717) is 11.3 Å². The smallest absolute Gasteiger partial charge is 0.0246 e. The Balaban J connectivity index is 4.60. The van der Waals surface area contributed by atoms with Gasteiger partial charge in [0.05, 0.1) is 0 Å². The molecule has 1 atom stereocenters. The molecule has 0 aliphatic carbocycles. The van der Waals surface area contributed by atoms with Gasteiger partial charge in [-0.3, -0.25) is 0 Å². The van der Waals surface area contributed by atoms with Gasteiger partial charge in [0.2, 0.25) is 0 Å². The fourth-order valence-corrected chi connectivity index (χ4v) is 1.01. The van der Waals surface area contributed by atoms with Gasteiger partial charge in [0.15, 0.2) is 0 Å². The average molecular weight is 179 g/mol. The molecule has 0 saturated carbocycles. The summed E-state index contributed by atoms with van der Waals surface area (Å²) in [6.07, 6.45) is 6.35. The van der Waals surface area contributed by atoms with E-state index in [1.165, 1.54) is 6.21 Å². The average Bonchev–Trinajstić information content (AvgIpc) is 2.13. The van der Waals surface area contributed by atoms with Crippen LogP contribution in [-0.2, 0) is 0 Å². The summed E-state index contributed by atoms with van der Waals surface area (Å²) in [4.78, 5) is 0. The third-order valence-corrected chi connectivity index (χ3v) is 2.99. The molecule has 0 aliphatic rings. The molecule has 0 spiro atoms. The molecule has 0 fully saturated rings. The highest BCUT2D eigenvalue weighted by atomic mass is 14.3. The van der Waals surface area contributed by atoms with Crippen molar-refractivity contribution in [3.05, 3.63) is 24.3 Å². The molecule has 0 unspecified atom stereocenters. The summed E-state index contributed by atoms with van der Waals surface area (Å²) in [5.74, 6) is 0.479. The minimum absolute atomic E-state index is 0.303. The van der Waals surface area contributed by atoms with E-state index in [9.17, 15) is 0 Å². The number of hydrogen-bond acceptors (Lipinski definition) is 1. The largest absolute Gasteiger partial charge is 0.308 e. The summed E-state index contributed by atoms with van der Waals surface area (Å²) in [5.41, 5.74) is 1.21. The molecular formula is C12H21N. The standard InChI is InChI=1S/C12H21N/c1-6-11(9-13)8-10(3)12(4,5)7-2/h6,8-10,13H,1,7H2,2-5H3/b11-8+,13-9?/t10-/m1/s1. The summed E-state index contributed by atoms with van der Waals surface area (Å²) in [6, 6.07) is 0. The second kappa shape index (κ2) is 5.00. The highest BCUT2D eigenvalue weighted by Gasteiger charge is 2.21. The van der Waals surface area contributed by atoms with Gasteiger partial charge in [-0.15, -0.1) is 0 Å². The molecule has 0 saturated heterocycles. The Morgan fingerprint density at radius 2 is 2.08 bits per heavy atom. The molecule has 74 valence electrons. The van der Waals surface area contributed by atoms with Gasteiger partial charge >= 0.3 is 0 Å². The van der Waals surface area contributed by atoms with E-state index >= 15 is 0 Å². The maximum absolute atomic E-state index is 7.15. The van der Waals surface area contributed by atoms with Gasteiger partial charge in [-0.25, -0.2) is 0 Å². The van der Waals surface area contributed by atoms with E-state index in [1.54, 1.807) is 6.08 Å². The molecule has 1 heteroatoms. The monoisotopic (exact) mass is 179 g/mol. The number of rotatable bonds is 5. The number of hydrogen-bond donors (Lipinski definition) is 1. The topological polar surface area (TPSA) is 23.9 Å². The van der Waals surface area contributed by atoms with E-state index in [2.05, 4.69) is 40.3 Å². The molecule has 0 radical (unpaired) electrons. The van der Waals surface area contributed by atoms with Crippen molar-refractivity contribution in [2.45, 2.75) is 34.1 Å². The van der Waals surface area contributed by atoms with Gasteiger partial charge in [-0.05, 0) is 16.9 Å². The summed E-state index contributed by atoms with van der Waals surface area (Å²) in [6.45, 7) is 12.6. The van der Waals surface area contributed by atoms with Crippen molar-refractivity contribution in [1.82, 2.24) is 0 Å². The Kier molecular flexibility index (Phi) is 4.68. The third-order valence-electron chi connectivity index (χ3n) is 2.99. The van der Waals surface area contributed by atoms with Gasteiger partial charge in [0.25, 0.3) is 0 Å². The predicted octanol–water partition coefficient (Wildman–Crippen LogP) is 3.82. The van der Waals surface area contributed by atoms with Crippen LogP contribution in [0.4, 0.5) is 0 Å². The van der Waals surface area contributed by atoms with Crippen molar-refractivity contribution >= 4 is 6.21 Å². The molecule has 0 aromatic heterocycles. The van der Waals surface area contributed by atoms with Crippen LogP contribution < -0.4 is 0 Å². The SMILES string of the molecule is C=C/C(C=N)=C\[C@@H](C)C(C)(C)CC. The van der Waals surface area contributed by atoms with Gasteiger partial charge in [-0.2, -0.15) is 0 Å². The molecule has 0 aromatic carbocycles. The van der Waals surface area contributed by atoms with Crippen LogP contribution in [0.2, 0.25) is 0 Å². The van der Waals surface area contributed by atoms with Crippen LogP contribution in [0.25, 0.3) is 0 Å². The fourth-order valence-electron chi connectivity index (χ4n) is 1.01. The van der Waals surface area contributed by atoms with E-state index in [1.807, 2.05) is 0 Å². The van der Waals surface area contributed by atoms with Crippen LogP contribution in [0.15, 0.2) is 24.3 Å². The lowest BCUT2D eigenvalue weighted by Gasteiger charge is -2.28. The summed E-state index contributed by atoms with van der Waals surface area (Å²) >= 11 is 0. The summed E-state index contributed by atoms with van der Waals surface area (Å²) in [7, 11) is 0. The maximum Gasteiger partial charge on any atom is 0.0246 e. The van der Waals surface area contributed by atoms with Crippen molar-refractivity contribution < 1.29 is 0 Å².